The van der Waals surface area contributed by atoms with Crippen molar-refractivity contribution in [3.63, 3.8) is 0 Å². The van der Waals surface area contributed by atoms with Crippen LogP contribution < -0.4 is 5.32 Å². The average Bonchev–Trinajstić information content (AvgIpc) is 3.13. The van der Waals surface area contributed by atoms with Gasteiger partial charge >= 0.3 is 12.3 Å². The highest BCUT2D eigenvalue weighted by molar-refractivity contribution is 5.76. The molecule has 1 aliphatic heterocycles. The van der Waals surface area contributed by atoms with Crippen LogP contribution in [0.1, 0.15) is 49.0 Å². The van der Waals surface area contributed by atoms with E-state index in [1.807, 2.05) is 0 Å². The van der Waals surface area contributed by atoms with E-state index in [0.717, 1.165) is 4.52 Å². The summed E-state index contributed by atoms with van der Waals surface area (Å²) in [5.41, 5.74) is 1.65. The standard InChI is InChI=1S/C19H25F3N6O3/c1-4-31-18(30)27-9-7-13(8-10-27)24-15(29)6-5-14-11(2)23-17-25-16(19(20,21)22)26-28(17)12(14)3/h13H,4-10H2,1-3H3,(H,24,29). The molecule has 0 aromatic carbocycles. The number of piperidine rings is 1. The maximum atomic E-state index is 12.9. The number of nitrogens with zero attached hydrogens (tertiary/aromatic N) is 5. The number of fused-ring (bicyclic) bond motifs is 1. The summed E-state index contributed by atoms with van der Waals surface area (Å²) in [6, 6.07) is -0.0364. The summed E-state index contributed by atoms with van der Waals surface area (Å²) in [6.45, 7) is 6.40. The molecule has 9 nitrogen and oxygen atoms in total. The van der Waals surface area contributed by atoms with Gasteiger partial charge in [-0.05, 0) is 45.6 Å². The van der Waals surface area contributed by atoms with E-state index in [1.54, 1.807) is 25.7 Å². The minimum absolute atomic E-state index is 0.0364. The van der Waals surface area contributed by atoms with Gasteiger partial charge in [0.05, 0.1) is 6.61 Å². The molecule has 12 heteroatoms. The Morgan fingerprint density at radius 1 is 1.19 bits per heavy atom. The van der Waals surface area contributed by atoms with Gasteiger partial charge in [0.25, 0.3) is 11.6 Å². The molecule has 3 heterocycles. The Hall–Kier alpha value is -2.92. The molecule has 0 aliphatic carbocycles. The summed E-state index contributed by atoms with van der Waals surface area (Å²) >= 11 is 0. The Kier molecular flexibility index (Phi) is 6.65. The van der Waals surface area contributed by atoms with Crippen molar-refractivity contribution in [1.82, 2.24) is 29.8 Å². The summed E-state index contributed by atoms with van der Waals surface area (Å²) in [4.78, 5) is 33.3. The lowest BCUT2D eigenvalue weighted by molar-refractivity contribution is -0.144. The van der Waals surface area contributed by atoms with Gasteiger partial charge in [-0.25, -0.2) is 14.3 Å². The van der Waals surface area contributed by atoms with Gasteiger partial charge in [-0.3, -0.25) is 4.79 Å². The van der Waals surface area contributed by atoms with Crippen LogP contribution in [0.3, 0.4) is 0 Å². The molecule has 0 bridgehead atoms. The largest absolute Gasteiger partial charge is 0.453 e. The molecule has 31 heavy (non-hydrogen) atoms. The van der Waals surface area contributed by atoms with E-state index in [4.69, 9.17) is 4.74 Å². The number of amides is 2. The molecule has 0 spiro atoms. The number of rotatable bonds is 5. The number of carbonyl (C=O) groups is 2. The van der Waals surface area contributed by atoms with Crippen molar-refractivity contribution in [2.75, 3.05) is 19.7 Å². The van der Waals surface area contributed by atoms with Crippen LogP contribution in [0.4, 0.5) is 18.0 Å². The number of ether oxygens (including phenoxy) is 1. The fourth-order valence-electron chi connectivity index (χ4n) is 3.65. The van der Waals surface area contributed by atoms with Gasteiger partial charge in [-0.15, -0.1) is 5.10 Å². The van der Waals surface area contributed by atoms with Crippen LogP contribution >= 0.6 is 0 Å². The van der Waals surface area contributed by atoms with Crippen LogP contribution in [0.2, 0.25) is 0 Å². The highest BCUT2D eigenvalue weighted by atomic mass is 19.4. The summed E-state index contributed by atoms with van der Waals surface area (Å²) in [6.07, 6.45) is -3.26. The maximum Gasteiger partial charge on any atom is 0.453 e. The lowest BCUT2D eigenvalue weighted by Crippen LogP contribution is -2.46. The minimum Gasteiger partial charge on any atom is -0.450 e. The van der Waals surface area contributed by atoms with E-state index in [1.165, 1.54) is 0 Å². The van der Waals surface area contributed by atoms with Crippen LogP contribution in [0.15, 0.2) is 0 Å². The normalized spacial score (nSPS) is 15.4. The lowest BCUT2D eigenvalue weighted by atomic mass is 10.0. The summed E-state index contributed by atoms with van der Waals surface area (Å²) in [5, 5.41) is 6.47. The highest BCUT2D eigenvalue weighted by Crippen LogP contribution is 2.27. The monoisotopic (exact) mass is 442 g/mol. The molecule has 0 radical (unpaired) electrons. The predicted octanol–water partition coefficient (Wildman–Crippen LogP) is 2.43. The molecule has 2 aromatic rings. The Morgan fingerprint density at radius 3 is 2.48 bits per heavy atom. The Bertz CT molecular complexity index is 967. The second-order valence-electron chi connectivity index (χ2n) is 7.43. The molecule has 2 aromatic heterocycles. The molecule has 0 atom stereocenters. The zero-order chi connectivity index (χ0) is 22.8. The van der Waals surface area contributed by atoms with Crippen molar-refractivity contribution >= 4 is 17.8 Å². The molecule has 1 fully saturated rings. The first kappa shape index (κ1) is 22.8. The second kappa shape index (κ2) is 9.06. The van der Waals surface area contributed by atoms with Crippen molar-refractivity contribution in [3.05, 3.63) is 22.8 Å². The van der Waals surface area contributed by atoms with E-state index in [-0.39, 0.29) is 30.2 Å². The van der Waals surface area contributed by atoms with Crippen molar-refractivity contribution in [2.24, 2.45) is 0 Å². The zero-order valence-electron chi connectivity index (χ0n) is 17.6. The molecule has 0 saturated carbocycles. The van der Waals surface area contributed by atoms with E-state index >= 15 is 0 Å². The third kappa shape index (κ3) is 5.23. The van der Waals surface area contributed by atoms with E-state index in [0.29, 0.717) is 55.9 Å². The van der Waals surface area contributed by atoms with Crippen LogP contribution in [0.5, 0.6) is 0 Å². The highest BCUT2D eigenvalue weighted by Gasteiger charge is 2.37. The molecule has 170 valence electrons. The summed E-state index contributed by atoms with van der Waals surface area (Å²) < 4.78 is 44.7. The van der Waals surface area contributed by atoms with Gasteiger partial charge in [0, 0.05) is 36.9 Å². The number of hydrogen-bond donors (Lipinski definition) is 1. The number of aryl methyl sites for hydroxylation is 2. The van der Waals surface area contributed by atoms with Gasteiger partial charge in [-0.1, -0.05) is 0 Å². The fraction of sp³-hybridized carbons (Fsp3) is 0.632. The lowest BCUT2D eigenvalue weighted by Gasteiger charge is -2.31. The van der Waals surface area contributed by atoms with Crippen LogP contribution in [0.25, 0.3) is 5.78 Å². The Morgan fingerprint density at radius 2 is 1.87 bits per heavy atom. The summed E-state index contributed by atoms with van der Waals surface area (Å²) in [7, 11) is 0. The Balaban J connectivity index is 1.58. The first-order chi connectivity index (χ1) is 14.6. The van der Waals surface area contributed by atoms with E-state index in [2.05, 4.69) is 20.4 Å². The van der Waals surface area contributed by atoms with Gasteiger partial charge < -0.3 is 15.0 Å². The molecule has 0 unspecified atom stereocenters. The smallest absolute Gasteiger partial charge is 0.450 e. The first-order valence-corrected chi connectivity index (χ1v) is 10.1. The van der Waals surface area contributed by atoms with Crippen LogP contribution in [-0.4, -0.2) is 62.2 Å². The number of aromatic nitrogens is 4. The molecule has 3 rings (SSSR count). The molecule has 2 amide bonds. The third-order valence-corrected chi connectivity index (χ3v) is 5.29. The number of hydrogen-bond acceptors (Lipinski definition) is 6. The van der Waals surface area contributed by atoms with Crippen LogP contribution in [0, 0.1) is 13.8 Å². The van der Waals surface area contributed by atoms with E-state index < -0.39 is 12.0 Å². The van der Waals surface area contributed by atoms with Gasteiger partial charge in [0.1, 0.15) is 0 Å². The second-order valence-corrected chi connectivity index (χ2v) is 7.43. The van der Waals surface area contributed by atoms with Crippen LogP contribution in [-0.2, 0) is 22.1 Å². The van der Waals surface area contributed by atoms with Gasteiger partial charge in [0.2, 0.25) is 5.91 Å². The molecule has 1 saturated heterocycles. The SMILES string of the molecule is CCOC(=O)N1CCC(NC(=O)CCc2c(C)nc3nc(C(F)(F)F)nn3c2C)CC1. The average molecular weight is 442 g/mol. The number of likely N-dealkylation sites (tertiary alicyclic amines) is 1. The van der Waals surface area contributed by atoms with Crippen molar-refractivity contribution in [1.29, 1.82) is 0 Å². The van der Waals surface area contributed by atoms with Crippen molar-refractivity contribution in [2.45, 2.75) is 58.7 Å². The van der Waals surface area contributed by atoms with Gasteiger partial charge in [-0.2, -0.15) is 18.2 Å². The summed E-state index contributed by atoms with van der Waals surface area (Å²) in [5.74, 6) is -1.53. The first-order valence-electron chi connectivity index (χ1n) is 10.1. The number of alkyl halides is 3. The van der Waals surface area contributed by atoms with Crippen molar-refractivity contribution in [3.8, 4) is 0 Å². The zero-order valence-corrected chi connectivity index (χ0v) is 17.6. The number of halogens is 3. The fourth-order valence-corrected chi connectivity index (χ4v) is 3.65. The van der Waals surface area contributed by atoms with E-state index in [9.17, 15) is 22.8 Å². The van der Waals surface area contributed by atoms with Crippen molar-refractivity contribution < 1.29 is 27.5 Å². The molecular formula is C19H25F3N6O3. The number of nitrogens with one attached hydrogen (secondary N) is 1. The third-order valence-electron chi connectivity index (χ3n) is 5.29. The quantitative estimate of drug-likeness (QED) is 0.763. The van der Waals surface area contributed by atoms with Gasteiger partial charge in [0.15, 0.2) is 0 Å². The molecule has 1 aliphatic rings. The minimum atomic E-state index is -4.66. The predicted molar refractivity (Wildman–Crippen MR) is 103 cm³/mol. The molecular weight excluding hydrogens is 417 g/mol. The topological polar surface area (TPSA) is 102 Å². The maximum absolute atomic E-state index is 12.9. The Labute approximate surface area is 177 Å². The molecule has 1 N–H and O–H groups in total. The number of carbonyl (C=O) groups excluding carboxylic acids is 2.